The Kier molecular flexibility index (Phi) is 5.32. The Hall–Kier alpha value is -1.59. The first-order valence-electron chi connectivity index (χ1n) is 4.55. The fraction of sp³-hybridized carbons (Fsp3) is 0.625. The number of hydrogen-bond donors (Lipinski definition) is 7. The van der Waals surface area contributed by atoms with Gasteiger partial charge in [-0.1, -0.05) is 0 Å². The molecule has 0 heterocycles. The van der Waals surface area contributed by atoms with Crippen LogP contribution in [0.15, 0.2) is 0 Å². The molecule has 0 aliphatic heterocycles. The lowest BCUT2D eigenvalue weighted by Crippen LogP contribution is -2.69. The Bertz CT molecular complexity index is 356. The van der Waals surface area contributed by atoms with Crippen molar-refractivity contribution in [3.8, 4) is 0 Å². The second-order valence-corrected chi connectivity index (χ2v) is 3.49. The zero-order chi connectivity index (χ0) is 14.7. The summed E-state index contributed by atoms with van der Waals surface area (Å²) in [7, 11) is 0. The molecule has 18 heavy (non-hydrogen) atoms. The van der Waals surface area contributed by atoms with E-state index in [0.29, 0.717) is 0 Å². The van der Waals surface area contributed by atoms with Gasteiger partial charge in [-0.15, -0.1) is 0 Å². The van der Waals surface area contributed by atoms with Gasteiger partial charge < -0.3 is 36.4 Å². The average molecular weight is 267 g/mol. The third kappa shape index (κ3) is 2.80. The molecule has 0 aromatic carbocycles. The maximum Gasteiger partial charge on any atom is 0.374 e. The summed E-state index contributed by atoms with van der Waals surface area (Å²) >= 11 is 0. The largest absolute Gasteiger partial charge is 0.479 e. The molecule has 10 heteroatoms. The number of carboxylic acid groups (broad SMARTS) is 2. The van der Waals surface area contributed by atoms with Crippen LogP contribution in [-0.2, 0) is 14.4 Å². The van der Waals surface area contributed by atoms with Crippen LogP contribution in [0.25, 0.3) is 0 Å². The van der Waals surface area contributed by atoms with Crippen molar-refractivity contribution in [3.63, 3.8) is 0 Å². The van der Waals surface area contributed by atoms with Crippen molar-refractivity contribution in [3.05, 3.63) is 0 Å². The Labute approximate surface area is 99.9 Å². The number of aliphatic carboxylic acids is 2. The highest BCUT2D eigenvalue weighted by Gasteiger charge is 2.55. The SMILES string of the molecule is N[C@@](C(=O)O)(C(=O)C(=O)O)[C@@H](O)[C@H](O)[C@H](O)CO. The van der Waals surface area contributed by atoms with Crippen LogP contribution in [0.5, 0.6) is 0 Å². The van der Waals surface area contributed by atoms with Crippen molar-refractivity contribution in [2.24, 2.45) is 5.73 Å². The molecule has 104 valence electrons. The number of rotatable bonds is 7. The van der Waals surface area contributed by atoms with E-state index in [1.807, 2.05) is 0 Å². The highest BCUT2D eigenvalue weighted by molar-refractivity contribution is 6.41. The second-order valence-electron chi connectivity index (χ2n) is 3.49. The summed E-state index contributed by atoms with van der Waals surface area (Å²) in [4.78, 5) is 32.4. The molecular formula is C8H13NO9. The first-order valence-corrected chi connectivity index (χ1v) is 4.55. The molecule has 10 nitrogen and oxygen atoms in total. The normalized spacial score (nSPS) is 19.4. The van der Waals surface area contributed by atoms with Gasteiger partial charge in [-0.2, -0.15) is 0 Å². The van der Waals surface area contributed by atoms with Crippen LogP contribution in [0.1, 0.15) is 0 Å². The van der Waals surface area contributed by atoms with Crippen LogP contribution in [0, 0.1) is 0 Å². The summed E-state index contributed by atoms with van der Waals surface area (Å²) in [5.74, 6) is -6.51. The van der Waals surface area contributed by atoms with Crippen LogP contribution < -0.4 is 5.73 Å². The number of Topliss-reactive ketones (excluding diaryl/α,β-unsaturated/α-hetero) is 1. The molecule has 0 saturated carbocycles. The minimum atomic E-state index is -3.35. The number of hydrogen-bond acceptors (Lipinski definition) is 8. The molecule has 0 aliphatic rings. The van der Waals surface area contributed by atoms with Crippen molar-refractivity contribution in [1.29, 1.82) is 0 Å². The molecule has 0 aromatic rings. The van der Waals surface area contributed by atoms with E-state index in [1.165, 1.54) is 0 Å². The third-order valence-corrected chi connectivity index (χ3v) is 2.30. The van der Waals surface area contributed by atoms with Gasteiger partial charge in [-0.25, -0.2) is 9.59 Å². The van der Waals surface area contributed by atoms with Crippen molar-refractivity contribution < 1.29 is 45.0 Å². The zero-order valence-electron chi connectivity index (χ0n) is 8.92. The van der Waals surface area contributed by atoms with Gasteiger partial charge in [0.05, 0.1) is 6.61 Å². The molecule has 0 rings (SSSR count). The highest BCUT2D eigenvalue weighted by atomic mass is 16.4. The lowest BCUT2D eigenvalue weighted by atomic mass is 9.84. The lowest BCUT2D eigenvalue weighted by Gasteiger charge is -2.31. The predicted octanol–water partition coefficient (Wildman–Crippen LogP) is -4.50. The Balaban J connectivity index is 5.43. The van der Waals surface area contributed by atoms with Crippen LogP contribution in [0.2, 0.25) is 0 Å². The van der Waals surface area contributed by atoms with E-state index in [9.17, 15) is 24.6 Å². The van der Waals surface area contributed by atoms with Gasteiger partial charge in [-0.05, 0) is 0 Å². The van der Waals surface area contributed by atoms with Gasteiger partial charge in [0.1, 0.15) is 18.3 Å². The van der Waals surface area contributed by atoms with E-state index < -0.39 is 48.2 Å². The first kappa shape index (κ1) is 16.4. The molecule has 4 atom stereocenters. The van der Waals surface area contributed by atoms with Gasteiger partial charge in [0.2, 0.25) is 5.54 Å². The lowest BCUT2D eigenvalue weighted by molar-refractivity contribution is -0.169. The second kappa shape index (κ2) is 5.84. The van der Waals surface area contributed by atoms with Crippen LogP contribution in [0.3, 0.4) is 0 Å². The molecule has 0 radical (unpaired) electrons. The number of carbonyl (C=O) groups is 3. The van der Waals surface area contributed by atoms with Gasteiger partial charge in [-0.3, -0.25) is 4.79 Å². The molecule has 0 fully saturated rings. The van der Waals surface area contributed by atoms with E-state index in [0.717, 1.165) is 0 Å². The van der Waals surface area contributed by atoms with Crippen LogP contribution in [-0.4, -0.2) is 78.8 Å². The molecule has 0 saturated heterocycles. The summed E-state index contributed by atoms with van der Waals surface area (Å²) < 4.78 is 0. The minimum absolute atomic E-state index is 1.06. The summed E-state index contributed by atoms with van der Waals surface area (Å²) in [6.07, 6.45) is -6.94. The van der Waals surface area contributed by atoms with E-state index in [2.05, 4.69) is 0 Å². The fourth-order valence-corrected chi connectivity index (χ4v) is 1.12. The molecule has 0 bridgehead atoms. The molecule has 8 N–H and O–H groups in total. The maximum atomic E-state index is 11.1. The van der Waals surface area contributed by atoms with Crippen molar-refractivity contribution >= 4 is 17.7 Å². The topological polar surface area (TPSA) is 199 Å². The van der Waals surface area contributed by atoms with E-state index in [1.54, 1.807) is 0 Å². The summed E-state index contributed by atoms with van der Waals surface area (Å²) in [6, 6.07) is 0. The number of carboxylic acids is 2. The Morgan fingerprint density at radius 1 is 1.11 bits per heavy atom. The summed E-state index contributed by atoms with van der Waals surface area (Å²) in [6.45, 7) is -1.06. The number of carbonyl (C=O) groups excluding carboxylic acids is 1. The molecule has 0 aromatic heterocycles. The highest BCUT2D eigenvalue weighted by Crippen LogP contribution is 2.16. The van der Waals surface area contributed by atoms with Gasteiger partial charge in [0.15, 0.2) is 0 Å². The number of aliphatic hydroxyl groups excluding tert-OH is 4. The van der Waals surface area contributed by atoms with E-state index in [4.69, 9.17) is 26.2 Å². The Morgan fingerprint density at radius 2 is 1.56 bits per heavy atom. The third-order valence-electron chi connectivity index (χ3n) is 2.30. The van der Waals surface area contributed by atoms with Gasteiger partial charge >= 0.3 is 11.9 Å². The first-order chi connectivity index (χ1) is 8.10. The number of ketones is 1. The molecule has 0 unspecified atom stereocenters. The van der Waals surface area contributed by atoms with Crippen LogP contribution >= 0.6 is 0 Å². The molecule has 0 amide bonds. The molecule has 0 spiro atoms. The average Bonchev–Trinajstić information content (AvgIpc) is 2.33. The smallest absolute Gasteiger partial charge is 0.374 e. The van der Waals surface area contributed by atoms with Crippen LogP contribution in [0.4, 0.5) is 0 Å². The molecule has 0 aliphatic carbocycles. The van der Waals surface area contributed by atoms with Crippen molar-refractivity contribution in [2.75, 3.05) is 6.61 Å². The van der Waals surface area contributed by atoms with Gasteiger partial charge in [0.25, 0.3) is 5.78 Å². The van der Waals surface area contributed by atoms with E-state index in [-0.39, 0.29) is 0 Å². The van der Waals surface area contributed by atoms with Crippen molar-refractivity contribution in [2.45, 2.75) is 23.9 Å². The van der Waals surface area contributed by atoms with Crippen molar-refractivity contribution in [1.82, 2.24) is 0 Å². The quantitative estimate of drug-likeness (QED) is 0.174. The maximum absolute atomic E-state index is 11.1. The fourth-order valence-electron chi connectivity index (χ4n) is 1.12. The van der Waals surface area contributed by atoms with Gasteiger partial charge in [0, 0.05) is 0 Å². The number of aliphatic hydroxyl groups is 4. The molecular weight excluding hydrogens is 254 g/mol. The monoisotopic (exact) mass is 267 g/mol. The summed E-state index contributed by atoms with van der Waals surface area (Å²) in [5, 5.41) is 53.3. The zero-order valence-corrected chi connectivity index (χ0v) is 8.92. The summed E-state index contributed by atoms with van der Waals surface area (Å²) in [5.41, 5.74) is 1.64. The standard InChI is InChI=1S/C8H13NO9/c9-8(7(17)18,5(14)6(15)16)4(13)3(12)2(11)1-10/h2-4,10-13H,1,9H2,(H,15,16)(H,17,18)/t2-,3-,4+,8-/m1/s1. The minimum Gasteiger partial charge on any atom is -0.479 e. The predicted molar refractivity (Wildman–Crippen MR) is 52.3 cm³/mol. The number of nitrogens with two attached hydrogens (primary N) is 1. The Morgan fingerprint density at radius 3 is 1.83 bits per heavy atom. The van der Waals surface area contributed by atoms with E-state index >= 15 is 0 Å².